The largest absolute Gasteiger partial charge is 0.352 e. The van der Waals surface area contributed by atoms with Crippen molar-refractivity contribution in [3.8, 4) is 0 Å². The predicted octanol–water partition coefficient (Wildman–Crippen LogP) is 2.03. The first-order chi connectivity index (χ1) is 11.5. The van der Waals surface area contributed by atoms with Gasteiger partial charge < -0.3 is 10.3 Å². The van der Waals surface area contributed by atoms with Gasteiger partial charge in [0.2, 0.25) is 16.8 Å². The number of benzene rings is 1. The molecule has 2 aromatic heterocycles. The Kier molecular flexibility index (Phi) is 4.65. The number of fused-ring (bicyclic) bond motifs is 1. The lowest BCUT2D eigenvalue weighted by atomic mass is 10.1. The Morgan fingerprint density at radius 1 is 1.21 bits per heavy atom. The molecule has 4 N–H and O–H groups in total. The summed E-state index contributed by atoms with van der Waals surface area (Å²) in [5.74, 6) is -0.474. The number of nitrogens with one attached hydrogen (secondary N) is 3. The number of hydrogen-bond donors (Lipinski definition) is 4. The quantitative estimate of drug-likeness (QED) is 0.528. The molecule has 0 radical (unpaired) electrons. The molecule has 124 valence electrons. The molecule has 2 heterocycles. The Hall–Kier alpha value is -2.62. The van der Waals surface area contributed by atoms with Gasteiger partial charge in [-0.2, -0.15) is 0 Å². The molecule has 0 bridgehead atoms. The fourth-order valence-electron chi connectivity index (χ4n) is 2.24. The van der Waals surface area contributed by atoms with E-state index in [-0.39, 0.29) is 17.8 Å². The van der Waals surface area contributed by atoms with Gasteiger partial charge in [-0.1, -0.05) is 6.07 Å². The Bertz CT molecular complexity index is 976. The van der Waals surface area contributed by atoms with Crippen molar-refractivity contribution in [2.75, 3.05) is 5.32 Å². The fourth-order valence-corrected chi connectivity index (χ4v) is 2.53. The minimum absolute atomic E-state index is 0.114. The first-order valence-electron chi connectivity index (χ1n) is 6.91. The number of hydrogen-bond acceptors (Lipinski definition) is 4. The van der Waals surface area contributed by atoms with Crippen LogP contribution in [0.4, 0.5) is 15.8 Å². The summed E-state index contributed by atoms with van der Waals surface area (Å²) in [6.07, 6.45) is 1.50. The van der Waals surface area contributed by atoms with Crippen molar-refractivity contribution >= 4 is 33.7 Å². The molecule has 0 amide bonds. The van der Waals surface area contributed by atoms with Gasteiger partial charge in [-0.05, 0) is 29.8 Å². The highest BCUT2D eigenvalue weighted by atomic mass is 32.2. The summed E-state index contributed by atoms with van der Waals surface area (Å²) in [6, 6.07) is 8.94. The highest BCUT2D eigenvalue weighted by molar-refractivity contribution is 7.77. The van der Waals surface area contributed by atoms with Crippen LogP contribution in [-0.4, -0.2) is 18.7 Å². The normalized spacial score (nSPS) is 12.2. The smallest absolute Gasteiger partial charge is 0.249 e. The Balaban J connectivity index is 1.95. The average molecular weight is 348 g/mol. The summed E-state index contributed by atoms with van der Waals surface area (Å²) in [6.45, 7) is 0.114. The molecule has 24 heavy (non-hydrogen) atoms. The van der Waals surface area contributed by atoms with Gasteiger partial charge in [0.25, 0.3) is 0 Å². The number of aromatic nitrogens is 2. The van der Waals surface area contributed by atoms with E-state index >= 15 is 0 Å². The van der Waals surface area contributed by atoms with Crippen molar-refractivity contribution in [1.29, 1.82) is 0 Å². The van der Waals surface area contributed by atoms with E-state index in [2.05, 4.69) is 20.0 Å². The van der Waals surface area contributed by atoms with Crippen LogP contribution in [-0.2, 0) is 17.8 Å². The summed E-state index contributed by atoms with van der Waals surface area (Å²) in [4.78, 5) is 18.0. The number of anilines is 2. The molecule has 3 aromatic rings. The molecule has 9 heteroatoms. The second kappa shape index (κ2) is 6.87. The van der Waals surface area contributed by atoms with Crippen molar-refractivity contribution in [3.05, 3.63) is 64.3 Å². The third-order valence-electron chi connectivity index (χ3n) is 3.33. The Labute approximate surface area is 138 Å². The minimum atomic E-state index is -2.14. The Morgan fingerprint density at radius 2 is 2.04 bits per heavy atom. The lowest BCUT2D eigenvalue weighted by molar-refractivity contribution is 0.548. The molecule has 1 aromatic carbocycles. The maximum absolute atomic E-state index is 14.1. The summed E-state index contributed by atoms with van der Waals surface area (Å²) in [5.41, 5.74) is 1.53. The summed E-state index contributed by atoms with van der Waals surface area (Å²) in [5, 5.41) is 3.60. The number of nitrogens with zero attached hydrogens (tertiary/aromatic N) is 1. The molecule has 3 rings (SSSR count). The number of H-pyrrole nitrogens is 1. The number of rotatable bonds is 5. The van der Waals surface area contributed by atoms with Crippen LogP contribution in [0.2, 0.25) is 0 Å². The molecule has 0 saturated heterocycles. The van der Waals surface area contributed by atoms with Gasteiger partial charge in [-0.25, -0.2) is 18.3 Å². The van der Waals surface area contributed by atoms with E-state index in [1.54, 1.807) is 12.1 Å². The molecule has 0 spiro atoms. The van der Waals surface area contributed by atoms with Crippen LogP contribution in [0, 0.1) is 5.82 Å². The second-order valence-corrected chi connectivity index (χ2v) is 5.74. The maximum atomic E-state index is 14.1. The van der Waals surface area contributed by atoms with Gasteiger partial charge in [0.15, 0.2) is 0 Å². The standard InChI is InChI=1S/C15H13FN4O3S/c16-11-3-1-9(8-18-24(22)23)7-13(11)19-12-5-6-17-15-10(12)2-4-14(21)20-15/h1-7,18H,8H2,(H,22,23)(H2,17,19,20,21). The minimum Gasteiger partial charge on any atom is -0.352 e. The van der Waals surface area contributed by atoms with Crippen molar-refractivity contribution in [3.63, 3.8) is 0 Å². The van der Waals surface area contributed by atoms with Crippen LogP contribution in [0.1, 0.15) is 5.56 Å². The molecule has 0 fully saturated rings. The van der Waals surface area contributed by atoms with Gasteiger partial charge in [-0.15, -0.1) is 0 Å². The van der Waals surface area contributed by atoms with Crippen LogP contribution >= 0.6 is 0 Å². The Morgan fingerprint density at radius 3 is 2.83 bits per heavy atom. The van der Waals surface area contributed by atoms with E-state index in [0.717, 1.165) is 0 Å². The van der Waals surface area contributed by atoms with E-state index in [4.69, 9.17) is 4.55 Å². The maximum Gasteiger partial charge on any atom is 0.249 e. The highest BCUT2D eigenvalue weighted by Crippen LogP contribution is 2.25. The molecule has 0 saturated carbocycles. The fraction of sp³-hybridized carbons (Fsp3) is 0.0667. The van der Waals surface area contributed by atoms with Crippen molar-refractivity contribution in [2.24, 2.45) is 0 Å². The van der Waals surface area contributed by atoms with Crippen molar-refractivity contribution in [2.45, 2.75) is 6.54 Å². The van der Waals surface area contributed by atoms with E-state index in [9.17, 15) is 13.4 Å². The molecule has 0 aliphatic heterocycles. The van der Waals surface area contributed by atoms with Crippen LogP contribution in [0.5, 0.6) is 0 Å². The SMILES string of the molecule is O=c1ccc2c(Nc3cc(CNS(=O)O)ccc3F)ccnc2[nH]1. The second-order valence-electron chi connectivity index (χ2n) is 4.95. The van der Waals surface area contributed by atoms with Crippen molar-refractivity contribution in [1.82, 2.24) is 14.7 Å². The third-order valence-corrected chi connectivity index (χ3v) is 3.72. The number of aromatic amines is 1. The van der Waals surface area contributed by atoms with Crippen LogP contribution in [0.25, 0.3) is 11.0 Å². The summed E-state index contributed by atoms with van der Waals surface area (Å²) in [7, 11) is 0. The molecule has 1 atom stereocenters. The molecule has 0 aliphatic carbocycles. The first-order valence-corrected chi connectivity index (χ1v) is 8.01. The van der Waals surface area contributed by atoms with E-state index in [0.29, 0.717) is 22.3 Å². The monoisotopic (exact) mass is 348 g/mol. The highest BCUT2D eigenvalue weighted by Gasteiger charge is 2.08. The van der Waals surface area contributed by atoms with E-state index in [1.807, 2.05) is 0 Å². The molecule has 0 aliphatic rings. The van der Waals surface area contributed by atoms with Crippen LogP contribution in [0.15, 0.2) is 47.4 Å². The molecular weight excluding hydrogens is 335 g/mol. The number of halogens is 1. The zero-order chi connectivity index (χ0) is 17.1. The summed E-state index contributed by atoms with van der Waals surface area (Å²) < 4.78 is 35.8. The van der Waals surface area contributed by atoms with Crippen molar-refractivity contribution < 1.29 is 13.2 Å². The van der Waals surface area contributed by atoms with Gasteiger partial charge in [0, 0.05) is 24.2 Å². The van der Waals surface area contributed by atoms with Gasteiger partial charge in [0.1, 0.15) is 11.5 Å². The van der Waals surface area contributed by atoms with Gasteiger partial charge in [0.05, 0.1) is 11.4 Å². The zero-order valence-electron chi connectivity index (χ0n) is 12.2. The average Bonchev–Trinajstić information content (AvgIpc) is 2.55. The summed E-state index contributed by atoms with van der Waals surface area (Å²) >= 11 is -2.14. The van der Waals surface area contributed by atoms with Gasteiger partial charge >= 0.3 is 0 Å². The number of pyridine rings is 2. The lowest BCUT2D eigenvalue weighted by Gasteiger charge is -2.11. The van der Waals surface area contributed by atoms with Gasteiger partial charge in [-0.3, -0.25) is 9.35 Å². The molecule has 1 unspecified atom stereocenters. The zero-order valence-corrected chi connectivity index (χ0v) is 13.1. The first kappa shape index (κ1) is 16.2. The molecule has 7 nitrogen and oxygen atoms in total. The third kappa shape index (κ3) is 3.65. The lowest BCUT2D eigenvalue weighted by Crippen LogP contribution is -2.15. The molecular formula is C15H13FN4O3S. The van der Waals surface area contributed by atoms with Crippen LogP contribution < -0.4 is 15.6 Å². The predicted molar refractivity (Wildman–Crippen MR) is 89.7 cm³/mol. The van der Waals surface area contributed by atoms with E-state index < -0.39 is 17.1 Å². The topological polar surface area (TPSA) is 107 Å². The van der Waals surface area contributed by atoms with Crippen LogP contribution in [0.3, 0.4) is 0 Å². The van der Waals surface area contributed by atoms with E-state index in [1.165, 1.54) is 30.5 Å².